The summed E-state index contributed by atoms with van der Waals surface area (Å²) in [4.78, 5) is 13.7. The van der Waals surface area contributed by atoms with E-state index in [0.717, 1.165) is 36.9 Å². The molecule has 1 aromatic rings. The fraction of sp³-hybridized carbons (Fsp3) is 0.467. The third-order valence-corrected chi connectivity index (χ3v) is 4.41. The molecule has 2 saturated heterocycles. The van der Waals surface area contributed by atoms with Gasteiger partial charge in [-0.1, -0.05) is 0 Å². The Labute approximate surface area is 119 Å². The maximum absolute atomic E-state index is 4.91. The molecule has 0 aromatic carbocycles. The zero-order valence-electron chi connectivity index (χ0n) is 11.7. The van der Waals surface area contributed by atoms with Crippen molar-refractivity contribution in [2.45, 2.75) is 18.5 Å². The molecule has 1 N–H and O–H groups in total. The molecule has 2 bridgehead atoms. The van der Waals surface area contributed by atoms with Gasteiger partial charge in [0.05, 0.1) is 5.70 Å². The molecule has 5 nitrogen and oxygen atoms in total. The summed E-state index contributed by atoms with van der Waals surface area (Å²) in [5.74, 6) is 1.12. The van der Waals surface area contributed by atoms with Crippen LogP contribution in [0.4, 0.5) is 0 Å². The number of aromatic nitrogens is 1. The van der Waals surface area contributed by atoms with E-state index in [4.69, 9.17) is 4.99 Å². The van der Waals surface area contributed by atoms with Gasteiger partial charge in [-0.2, -0.15) is 0 Å². The lowest BCUT2D eigenvalue weighted by molar-refractivity contribution is 0.302. The molecule has 3 aliphatic heterocycles. The van der Waals surface area contributed by atoms with E-state index >= 15 is 0 Å². The van der Waals surface area contributed by atoms with E-state index in [1.165, 1.54) is 6.42 Å². The van der Waals surface area contributed by atoms with Crippen LogP contribution < -0.4 is 5.32 Å². The van der Waals surface area contributed by atoms with Crippen LogP contribution in [-0.2, 0) is 0 Å². The van der Waals surface area contributed by atoms with Crippen LogP contribution in [0.2, 0.25) is 0 Å². The first kappa shape index (κ1) is 11.9. The Morgan fingerprint density at radius 3 is 2.85 bits per heavy atom. The van der Waals surface area contributed by atoms with Crippen LogP contribution in [0.1, 0.15) is 12.0 Å². The molecule has 1 unspecified atom stereocenters. The number of rotatable bonds is 1. The molecule has 4 rings (SSSR count). The van der Waals surface area contributed by atoms with Gasteiger partial charge in [-0.3, -0.25) is 4.98 Å². The molecule has 2 fully saturated rings. The van der Waals surface area contributed by atoms with E-state index in [1.54, 1.807) is 0 Å². The third kappa shape index (κ3) is 1.89. The van der Waals surface area contributed by atoms with Gasteiger partial charge in [-0.05, 0) is 24.6 Å². The fourth-order valence-electron chi connectivity index (χ4n) is 3.34. The van der Waals surface area contributed by atoms with E-state index in [2.05, 4.69) is 33.2 Å². The van der Waals surface area contributed by atoms with Gasteiger partial charge >= 0.3 is 0 Å². The predicted molar refractivity (Wildman–Crippen MR) is 79.2 cm³/mol. The number of nitrogens with zero attached hydrogens (tertiary/aromatic N) is 4. The Morgan fingerprint density at radius 2 is 2.15 bits per heavy atom. The first-order chi connectivity index (χ1) is 9.81. The van der Waals surface area contributed by atoms with E-state index < -0.39 is 0 Å². The van der Waals surface area contributed by atoms with Crippen LogP contribution >= 0.6 is 0 Å². The number of hydrogen-bond donors (Lipinski definition) is 1. The number of pyridine rings is 1. The van der Waals surface area contributed by atoms with Crippen molar-refractivity contribution in [2.75, 3.05) is 26.7 Å². The molecule has 0 spiro atoms. The number of hydrogen-bond acceptors (Lipinski definition) is 5. The summed E-state index contributed by atoms with van der Waals surface area (Å²) in [6, 6.07) is 5.30. The monoisotopic (exact) mass is 269 g/mol. The maximum atomic E-state index is 4.91. The average Bonchev–Trinajstić information content (AvgIpc) is 3.11. The van der Waals surface area contributed by atoms with Crippen molar-refractivity contribution in [2.24, 2.45) is 4.99 Å². The maximum Gasteiger partial charge on any atom is 0.202 e. The molecule has 4 heterocycles. The van der Waals surface area contributed by atoms with Crippen LogP contribution in [0.3, 0.4) is 0 Å². The Morgan fingerprint density at radius 1 is 1.30 bits per heavy atom. The second kappa shape index (κ2) is 4.59. The molecule has 104 valence electrons. The molecule has 1 aromatic heterocycles. The first-order valence-corrected chi connectivity index (χ1v) is 7.21. The number of aliphatic imine (C=N–C) groups is 1. The number of likely N-dealkylation sites (tertiary alicyclic amines) is 1. The van der Waals surface area contributed by atoms with Crippen molar-refractivity contribution in [1.29, 1.82) is 0 Å². The largest absolute Gasteiger partial charge is 0.342 e. The van der Waals surface area contributed by atoms with Crippen molar-refractivity contribution >= 4 is 11.7 Å². The van der Waals surface area contributed by atoms with Gasteiger partial charge in [-0.15, -0.1) is 0 Å². The summed E-state index contributed by atoms with van der Waals surface area (Å²) in [7, 11) is 2.12. The quantitative estimate of drug-likeness (QED) is 0.818. The van der Waals surface area contributed by atoms with Crippen LogP contribution in [0.25, 0.3) is 5.70 Å². The molecular weight excluding hydrogens is 250 g/mol. The van der Waals surface area contributed by atoms with E-state index in [0.29, 0.717) is 12.1 Å². The van der Waals surface area contributed by atoms with Crippen molar-refractivity contribution in [3.63, 3.8) is 0 Å². The summed E-state index contributed by atoms with van der Waals surface area (Å²) < 4.78 is 0. The first-order valence-electron chi connectivity index (χ1n) is 7.21. The van der Waals surface area contributed by atoms with Crippen molar-refractivity contribution < 1.29 is 0 Å². The third-order valence-electron chi connectivity index (χ3n) is 4.41. The van der Waals surface area contributed by atoms with Gasteiger partial charge in [-0.25, -0.2) is 4.99 Å². The molecule has 20 heavy (non-hydrogen) atoms. The second-order valence-electron chi connectivity index (χ2n) is 5.76. The lowest BCUT2D eigenvalue weighted by Crippen LogP contribution is -2.52. The van der Waals surface area contributed by atoms with Gasteiger partial charge in [0.1, 0.15) is 0 Å². The van der Waals surface area contributed by atoms with Gasteiger partial charge in [0, 0.05) is 56.7 Å². The zero-order chi connectivity index (χ0) is 13.5. The highest BCUT2D eigenvalue weighted by Gasteiger charge is 2.40. The van der Waals surface area contributed by atoms with E-state index in [-0.39, 0.29) is 0 Å². The molecule has 0 radical (unpaired) electrons. The minimum absolute atomic E-state index is 0.609. The highest BCUT2D eigenvalue weighted by Crippen LogP contribution is 2.27. The molecule has 0 saturated carbocycles. The van der Waals surface area contributed by atoms with Crippen LogP contribution in [0, 0.1) is 0 Å². The zero-order valence-corrected chi connectivity index (χ0v) is 11.7. The smallest absolute Gasteiger partial charge is 0.202 e. The standard InChI is InChI=1S/C15H19N5/c1-19-7-4-14(11-2-5-16-6-3-11)18-15(19)20-10-12-8-13(20)9-17-12/h2-6,12-13,17H,7-10H2,1H3/t12?,13-/m0/s1. The van der Waals surface area contributed by atoms with Crippen LogP contribution in [0.5, 0.6) is 0 Å². The SMILES string of the molecule is CN1CC=C(c2ccncc2)N=C1N1CC2C[C@H]1CN2. The highest BCUT2D eigenvalue weighted by molar-refractivity contribution is 5.89. The predicted octanol–water partition coefficient (Wildman–Crippen LogP) is 0.770. The van der Waals surface area contributed by atoms with Crippen LogP contribution in [-0.4, -0.2) is 59.5 Å². The van der Waals surface area contributed by atoms with Crippen molar-refractivity contribution in [3.05, 3.63) is 36.2 Å². The summed E-state index contributed by atoms with van der Waals surface area (Å²) in [6.45, 7) is 3.08. The molecule has 0 aliphatic carbocycles. The number of fused-ring (bicyclic) bond motifs is 2. The van der Waals surface area contributed by atoms with Gasteiger partial charge in [0.15, 0.2) is 0 Å². The van der Waals surface area contributed by atoms with E-state index in [1.807, 2.05) is 24.5 Å². The Hall–Kier alpha value is -1.88. The topological polar surface area (TPSA) is 43.8 Å². The van der Waals surface area contributed by atoms with Gasteiger partial charge in [0.2, 0.25) is 5.96 Å². The minimum atomic E-state index is 0.609. The van der Waals surface area contributed by atoms with Gasteiger partial charge < -0.3 is 15.1 Å². The molecular formula is C15H19N5. The van der Waals surface area contributed by atoms with Crippen LogP contribution in [0.15, 0.2) is 35.6 Å². The number of nitrogens with one attached hydrogen (secondary N) is 1. The normalized spacial score (nSPS) is 28.6. The second-order valence-corrected chi connectivity index (χ2v) is 5.76. The number of likely N-dealkylation sites (N-methyl/N-ethyl adjacent to an activating group) is 1. The molecule has 2 atom stereocenters. The average molecular weight is 269 g/mol. The Kier molecular flexibility index (Phi) is 2.73. The van der Waals surface area contributed by atoms with Crippen molar-refractivity contribution in [1.82, 2.24) is 20.1 Å². The van der Waals surface area contributed by atoms with Gasteiger partial charge in [0.25, 0.3) is 0 Å². The lowest BCUT2D eigenvalue weighted by Gasteiger charge is -2.36. The molecule has 3 aliphatic rings. The number of piperazine rings is 1. The summed E-state index contributed by atoms with van der Waals surface area (Å²) in [6.07, 6.45) is 7.09. The summed E-state index contributed by atoms with van der Waals surface area (Å²) >= 11 is 0. The lowest BCUT2D eigenvalue weighted by atomic mass is 10.2. The Bertz CT molecular complexity index is 565. The molecule has 0 amide bonds. The fourth-order valence-corrected chi connectivity index (χ4v) is 3.34. The Balaban J connectivity index is 1.64. The van der Waals surface area contributed by atoms with Crippen molar-refractivity contribution in [3.8, 4) is 0 Å². The van der Waals surface area contributed by atoms with E-state index in [9.17, 15) is 0 Å². The molecule has 5 heteroatoms. The summed E-state index contributed by atoms with van der Waals surface area (Å²) in [5.41, 5.74) is 2.21. The highest BCUT2D eigenvalue weighted by atomic mass is 15.4. The number of guanidine groups is 1. The minimum Gasteiger partial charge on any atom is -0.342 e. The summed E-state index contributed by atoms with van der Waals surface area (Å²) in [5, 5.41) is 3.54.